The summed E-state index contributed by atoms with van der Waals surface area (Å²) in [5, 5.41) is 9.04. The number of carbonyl (C=O) groups excluding carboxylic acids is 3. The number of primary amides is 1. The molecular formula is C16H20N6O3S. The van der Waals surface area contributed by atoms with Gasteiger partial charge in [-0.05, 0) is 24.5 Å². The number of nitrogens with one attached hydrogen (secondary N) is 4. The number of hydrazine groups is 1. The average Bonchev–Trinajstić information content (AvgIpc) is 3.13. The summed E-state index contributed by atoms with van der Waals surface area (Å²) in [6, 6.07) is 9.28. The number of carbonyl (C=O) groups is 3. The SMILES string of the molecule is CSCC[C@H](NC(N)=O)C(=O)NNC(=O)c1cc(-c2ccccc2)n[nH]1. The van der Waals surface area contributed by atoms with Gasteiger partial charge in [-0.1, -0.05) is 30.3 Å². The van der Waals surface area contributed by atoms with Gasteiger partial charge in [-0.25, -0.2) is 4.79 Å². The molecule has 0 aliphatic carbocycles. The van der Waals surface area contributed by atoms with E-state index in [1.165, 1.54) is 11.8 Å². The number of benzene rings is 1. The predicted octanol–water partition coefficient (Wildman–Crippen LogP) is 0.628. The molecule has 9 nitrogen and oxygen atoms in total. The van der Waals surface area contributed by atoms with Crippen molar-refractivity contribution in [3.8, 4) is 11.3 Å². The first-order chi connectivity index (χ1) is 12.5. The Kier molecular flexibility index (Phi) is 7.03. The van der Waals surface area contributed by atoms with Crippen LogP contribution in [0.3, 0.4) is 0 Å². The first kappa shape index (κ1) is 19.3. The lowest BCUT2D eigenvalue weighted by atomic mass is 10.1. The van der Waals surface area contributed by atoms with Crippen LogP contribution in [0, 0.1) is 0 Å². The van der Waals surface area contributed by atoms with Crippen molar-refractivity contribution in [3.63, 3.8) is 0 Å². The third kappa shape index (κ3) is 5.52. The van der Waals surface area contributed by atoms with Crippen LogP contribution in [0.4, 0.5) is 4.79 Å². The molecule has 2 aromatic rings. The van der Waals surface area contributed by atoms with Crippen LogP contribution >= 0.6 is 11.8 Å². The Morgan fingerprint density at radius 3 is 2.62 bits per heavy atom. The Morgan fingerprint density at radius 1 is 1.23 bits per heavy atom. The Balaban J connectivity index is 1.93. The van der Waals surface area contributed by atoms with Crippen LogP contribution in [-0.2, 0) is 4.79 Å². The predicted molar refractivity (Wildman–Crippen MR) is 99.1 cm³/mol. The summed E-state index contributed by atoms with van der Waals surface area (Å²) in [5.41, 5.74) is 11.3. The second kappa shape index (κ2) is 9.47. The lowest BCUT2D eigenvalue weighted by Gasteiger charge is -2.16. The summed E-state index contributed by atoms with van der Waals surface area (Å²) in [6.45, 7) is 0. The van der Waals surface area contributed by atoms with Crippen molar-refractivity contribution in [1.82, 2.24) is 26.4 Å². The van der Waals surface area contributed by atoms with Gasteiger partial charge in [0.2, 0.25) is 0 Å². The molecule has 138 valence electrons. The summed E-state index contributed by atoms with van der Waals surface area (Å²) in [4.78, 5) is 35.3. The molecule has 0 spiro atoms. The molecule has 0 aliphatic heterocycles. The van der Waals surface area contributed by atoms with Gasteiger partial charge < -0.3 is 11.1 Å². The number of hydrogen-bond acceptors (Lipinski definition) is 5. The van der Waals surface area contributed by atoms with Gasteiger partial charge in [-0.2, -0.15) is 16.9 Å². The maximum absolute atomic E-state index is 12.1. The molecule has 0 aliphatic rings. The number of thioether (sulfide) groups is 1. The van der Waals surface area contributed by atoms with E-state index in [1.54, 1.807) is 6.07 Å². The fraction of sp³-hybridized carbons (Fsp3) is 0.250. The van der Waals surface area contributed by atoms with Gasteiger partial charge in [-0.15, -0.1) is 0 Å². The molecule has 0 saturated heterocycles. The van der Waals surface area contributed by atoms with Crippen LogP contribution in [0.5, 0.6) is 0 Å². The monoisotopic (exact) mass is 376 g/mol. The fourth-order valence-corrected chi connectivity index (χ4v) is 2.62. The molecule has 1 heterocycles. The second-order valence-electron chi connectivity index (χ2n) is 5.32. The van der Waals surface area contributed by atoms with Crippen molar-refractivity contribution in [2.24, 2.45) is 5.73 Å². The van der Waals surface area contributed by atoms with Gasteiger partial charge in [0, 0.05) is 5.56 Å². The van der Waals surface area contributed by atoms with E-state index in [1.807, 2.05) is 36.6 Å². The average molecular weight is 376 g/mol. The van der Waals surface area contributed by atoms with Gasteiger partial charge >= 0.3 is 6.03 Å². The summed E-state index contributed by atoms with van der Waals surface area (Å²) in [7, 11) is 0. The third-order valence-corrected chi connectivity index (χ3v) is 4.08. The Labute approximate surface area is 154 Å². The minimum Gasteiger partial charge on any atom is -0.352 e. The van der Waals surface area contributed by atoms with E-state index in [0.717, 1.165) is 5.56 Å². The topological polar surface area (TPSA) is 142 Å². The molecule has 1 aromatic heterocycles. The summed E-state index contributed by atoms with van der Waals surface area (Å²) in [6.07, 6.45) is 2.26. The molecule has 0 bridgehead atoms. The molecule has 4 amide bonds. The van der Waals surface area contributed by atoms with Gasteiger partial charge in [-0.3, -0.25) is 25.5 Å². The van der Waals surface area contributed by atoms with E-state index in [2.05, 4.69) is 26.4 Å². The number of rotatable bonds is 7. The van der Waals surface area contributed by atoms with Gasteiger partial charge in [0.15, 0.2) is 0 Å². The Hall–Kier alpha value is -3.01. The Bertz CT molecular complexity index is 764. The molecule has 10 heteroatoms. The number of amides is 4. The molecule has 0 saturated carbocycles. The third-order valence-electron chi connectivity index (χ3n) is 3.43. The second-order valence-corrected chi connectivity index (χ2v) is 6.30. The Morgan fingerprint density at radius 2 is 1.96 bits per heavy atom. The number of H-pyrrole nitrogens is 1. The quantitative estimate of drug-likeness (QED) is 0.451. The van der Waals surface area contributed by atoms with Crippen LogP contribution in [0.25, 0.3) is 11.3 Å². The molecule has 0 unspecified atom stereocenters. The van der Waals surface area contributed by atoms with E-state index in [4.69, 9.17) is 5.73 Å². The highest BCUT2D eigenvalue weighted by Crippen LogP contribution is 2.16. The highest BCUT2D eigenvalue weighted by atomic mass is 32.2. The first-order valence-electron chi connectivity index (χ1n) is 7.77. The number of nitrogens with zero attached hydrogens (tertiary/aromatic N) is 1. The largest absolute Gasteiger partial charge is 0.352 e. The first-order valence-corrected chi connectivity index (χ1v) is 9.16. The summed E-state index contributed by atoms with van der Waals surface area (Å²) >= 11 is 1.52. The highest BCUT2D eigenvalue weighted by molar-refractivity contribution is 7.98. The van der Waals surface area contributed by atoms with E-state index >= 15 is 0 Å². The van der Waals surface area contributed by atoms with Crippen molar-refractivity contribution < 1.29 is 14.4 Å². The zero-order valence-corrected chi connectivity index (χ0v) is 14.9. The van der Waals surface area contributed by atoms with E-state index < -0.39 is 23.9 Å². The molecule has 0 fully saturated rings. The van der Waals surface area contributed by atoms with Crippen molar-refractivity contribution in [1.29, 1.82) is 0 Å². The minimum absolute atomic E-state index is 0.188. The number of nitrogens with two attached hydrogens (primary N) is 1. The number of aromatic amines is 1. The van der Waals surface area contributed by atoms with Crippen LogP contribution < -0.4 is 21.9 Å². The zero-order chi connectivity index (χ0) is 18.9. The number of urea groups is 1. The van der Waals surface area contributed by atoms with Crippen LogP contribution in [-0.4, -0.2) is 46.1 Å². The summed E-state index contributed by atoms with van der Waals surface area (Å²) in [5.74, 6) is -0.475. The van der Waals surface area contributed by atoms with Crippen LogP contribution in [0.1, 0.15) is 16.9 Å². The molecule has 6 N–H and O–H groups in total. The van der Waals surface area contributed by atoms with Crippen molar-refractivity contribution >= 4 is 29.6 Å². The zero-order valence-electron chi connectivity index (χ0n) is 14.1. The summed E-state index contributed by atoms with van der Waals surface area (Å²) < 4.78 is 0. The molecule has 2 rings (SSSR count). The van der Waals surface area contributed by atoms with Gasteiger partial charge in [0.25, 0.3) is 11.8 Å². The lowest BCUT2D eigenvalue weighted by molar-refractivity contribution is -0.123. The molecule has 1 aromatic carbocycles. The fourth-order valence-electron chi connectivity index (χ4n) is 2.14. The molecule has 0 radical (unpaired) electrons. The molecule has 26 heavy (non-hydrogen) atoms. The molecular weight excluding hydrogens is 356 g/mol. The van der Waals surface area contributed by atoms with E-state index in [-0.39, 0.29) is 5.69 Å². The van der Waals surface area contributed by atoms with Gasteiger partial charge in [0.1, 0.15) is 11.7 Å². The number of hydrogen-bond donors (Lipinski definition) is 5. The van der Waals surface area contributed by atoms with Crippen molar-refractivity contribution in [3.05, 3.63) is 42.1 Å². The smallest absolute Gasteiger partial charge is 0.312 e. The highest BCUT2D eigenvalue weighted by Gasteiger charge is 2.20. The lowest BCUT2D eigenvalue weighted by Crippen LogP contribution is -2.53. The van der Waals surface area contributed by atoms with Crippen LogP contribution in [0.2, 0.25) is 0 Å². The minimum atomic E-state index is -0.832. The van der Waals surface area contributed by atoms with Crippen LogP contribution in [0.15, 0.2) is 36.4 Å². The maximum atomic E-state index is 12.1. The number of aromatic nitrogens is 2. The standard InChI is InChI=1S/C16H20N6O3S/c1-26-8-7-11(18-16(17)25)14(23)21-22-15(24)13-9-12(19-20-13)10-5-3-2-4-6-10/h2-6,9,11H,7-8H2,1H3,(H,19,20)(H,21,23)(H,22,24)(H3,17,18,25)/t11-/m0/s1. The van der Waals surface area contributed by atoms with E-state index in [0.29, 0.717) is 17.9 Å². The van der Waals surface area contributed by atoms with E-state index in [9.17, 15) is 14.4 Å². The normalized spacial score (nSPS) is 11.4. The van der Waals surface area contributed by atoms with Gasteiger partial charge in [0.05, 0.1) is 5.69 Å². The maximum Gasteiger partial charge on any atom is 0.312 e. The molecule has 1 atom stereocenters. The van der Waals surface area contributed by atoms with Crippen molar-refractivity contribution in [2.45, 2.75) is 12.5 Å². The van der Waals surface area contributed by atoms with Crippen molar-refractivity contribution in [2.75, 3.05) is 12.0 Å².